The van der Waals surface area contributed by atoms with E-state index in [1.165, 1.54) is 7.11 Å². The van der Waals surface area contributed by atoms with Gasteiger partial charge >= 0.3 is 0 Å². The molecule has 1 aromatic carbocycles. The first kappa shape index (κ1) is 21.5. The van der Waals surface area contributed by atoms with Crippen LogP contribution in [0, 0.1) is 0 Å². The molecule has 32 heavy (non-hydrogen) atoms. The lowest BCUT2D eigenvalue weighted by Gasteiger charge is -2.39. The molecule has 0 aliphatic carbocycles. The second kappa shape index (κ2) is 9.64. The van der Waals surface area contributed by atoms with Gasteiger partial charge in [0.15, 0.2) is 5.84 Å². The minimum absolute atomic E-state index is 0.142. The first-order valence-electron chi connectivity index (χ1n) is 10.7. The number of nitrogens with one attached hydrogen (secondary N) is 1. The Balaban J connectivity index is 1.40. The van der Waals surface area contributed by atoms with Gasteiger partial charge in [-0.2, -0.15) is 0 Å². The molecule has 1 saturated heterocycles. The highest BCUT2D eigenvalue weighted by molar-refractivity contribution is 6.38. The Hall–Kier alpha value is -3.68. The van der Waals surface area contributed by atoms with Crippen molar-refractivity contribution in [1.82, 2.24) is 20.1 Å². The first-order valence-corrected chi connectivity index (χ1v) is 10.7. The molecule has 1 aromatic heterocycles. The molecule has 1 unspecified atom stereocenters. The van der Waals surface area contributed by atoms with Gasteiger partial charge in [0.2, 0.25) is 5.88 Å². The number of nitrogens with zero attached hydrogens (tertiary/aromatic N) is 4. The van der Waals surface area contributed by atoms with Crippen LogP contribution in [0.4, 0.5) is 0 Å². The average molecular weight is 434 g/mol. The van der Waals surface area contributed by atoms with Gasteiger partial charge in [-0.15, -0.1) is 0 Å². The molecule has 0 bridgehead atoms. The summed E-state index contributed by atoms with van der Waals surface area (Å²) in [5.74, 6) is 0.438. The van der Waals surface area contributed by atoms with Crippen LogP contribution < -0.4 is 10.1 Å². The standard InChI is InChI=1S/C24H27N5O3/c1-17-16-28(23(30)20-9-6-10-21(27-20)32-2)13-14-29(17)24(31)22-25-12-11-19(15-26-22)18-7-4-3-5-8-18/h3-10,15,17H,11-14,16H2,1-2H3,(H,25,26). The molecule has 0 saturated carbocycles. The van der Waals surface area contributed by atoms with Crippen LogP contribution in [0.3, 0.4) is 0 Å². The Kier molecular flexibility index (Phi) is 6.49. The van der Waals surface area contributed by atoms with Crippen molar-refractivity contribution >= 4 is 23.2 Å². The van der Waals surface area contributed by atoms with Crippen molar-refractivity contribution in [2.75, 3.05) is 33.3 Å². The highest BCUT2D eigenvalue weighted by Crippen LogP contribution is 2.19. The highest BCUT2D eigenvalue weighted by Gasteiger charge is 2.32. The van der Waals surface area contributed by atoms with E-state index in [1.807, 2.05) is 31.3 Å². The van der Waals surface area contributed by atoms with Crippen LogP contribution in [0.2, 0.25) is 0 Å². The van der Waals surface area contributed by atoms with Crippen molar-refractivity contribution in [3.8, 4) is 5.88 Å². The van der Waals surface area contributed by atoms with Gasteiger partial charge < -0.3 is 19.9 Å². The van der Waals surface area contributed by atoms with E-state index in [0.29, 0.717) is 43.6 Å². The van der Waals surface area contributed by atoms with Gasteiger partial charge in [0.1, 0.15) is 5.69 Å². The lowest BCUT2D eigenvalue weighted by molar-refractivity contribution is -0.128. The SMILES string of the molecule is COc1cccc(C(=O)N2CCN(C(=O)C3=NCCC(c4ccccc4)=CN3)C(C)C2)n1. The number of aromatic nitrogens is 1. The number of benzene rings is 1. The van der Waals surface area contributed by atoms with E-state index in [4.69, 9.17) is 4.74 Å². The van der Waals surface area contributed by atoms with E-state index in [9.17, 15) is 9.59 Å². The predicted octanol–water partition coefficient (Wildman–Crippen LogP) is 2.20. The lowest BCUT2D eigenvalue weighted by Crippen LogP contribution is -2.57. The number of methoxy groups -OCH3 is 1. The summed E-state index contributed by atoms with van der Waals surface area (Å²) in [6, 6.07) is 15.1. The molecule has 2 aliphatic heterocycles. The van der Waals surface area contributed by atoms with Crippen molar-refractivity contribution < 1.29 is 14.3 Å². The zero-order chi connectivity index (χ0) is 22.5. The summed E-state index contributed by atoms with van der Waals surface area (Å²) in [6.07, 6.45) is 2.64. The van der Waals surface area contributed by atoms with Crippen molar-refractivity contribution in [1.29, 1.82) is 0 Å². The third kappa shape index (κ3) is 4.64. The smallest absolute Gasteiger partial charge is 0.289 e. The van der Waals surface area contributed by atoms with Gasteiger partial charge in [-0.25, -0.2) is 4.98 Å². The van der Waals surface area contributed by atoms with Crippen molar-refractivity contribution in [2.24, 2.45) is 4.99 Å². The van der Waals surface area contributed by atoms with Crippen LogP contribution in [0.15, 0.2) is 59.7 Å². The summed E-state index contributed by atoms with van der Waals surface area (Å²) in [6.45, 7) is 3.79. The van der Waals surface area contributed by atoms with Crippen LogP contribution >= 0.6 is 0 Å². The van der Waals surface area contributed by atoms with E-state index >= 15 is 0 Å². The molecular weight excluding hydrogens is 406 g/mol. The molecule has 8 nitrogen and oxygen atoms in total. The number of hydrogen-bond acceptors (Lipinski definition) is 6. The lowest BCUT2D eigenvalue weighted by atomic mass is 10.0. The molecule has 166 valence electrons. The average Bonchev–Trinajstić information content (AvgIpc) is 3.10. The molecule has 1 N–H and O–H groups in total. The number of carbonyl (C=O) groups is 2. The summed E-state index contributed by atoms with van der Waals surface area (Å²) in [4.78, 5) is 38.3. The first-order chi connectivity index (χ1) is 15.6. The Morgan fingerprint density at radius 3 is 2.62 bits per heavy atom. The Morgan fingerprint density at radius 2 is 1.88 bits per heavy atom. The van der Waals surface area contributed by atoms with Gasteiger partial charge in [-0.05, 0) is 30.5 Å². The molecule has 0 radical (unpaired) electrons. The molecule has 3 heterocycles. The molecule has 4 rings (SSSR count). The van der Waals surface area contributed by atoms with E-state index in [1.54, 1.807) is 28.0 Å². The summed E-state index contributed by atoms with van der Waals surface area (Å²) in [5, 5.41) is 3.11. The van der Waals surface area contributed by atoms with Gasteiger partial charge in [0, 0.05) is 44.5 Å². The number of aliphatic imine (C=N–C) groups is 1. The molecule has 0 spiro atoms. The Bertz CT molecular complexity index is 1050. The van der Waals surface area contributed by atoms with Crippen LogP contribution in [0.1, 0.15) is 29.4 Å². The summed E-state index contributed by atoms with van der Waals surface area (Å²) in [5.41, 5.74) is 2.58. The predicted molar refractivity (Wildman–Crippen MR) is 122 cm³/mol. The van der Waals surface area contributed by atoms with Crippen molar-refractivity contribution in [2.45, 2.75) is 19.4 Å². The second-order valence-corrected chi connectivity index (χ2v) is 7.82. The van der Waals surface area contributed by atoms with Crippen molar-refractivity contribution in [3.05, 3.63) is 66.0 Å². The topological polar surface area (TPSA) is 87.1 Å². The van der Waals surface area contributed by atoms with Gasteiger partial charge in [0.25, 0.3) is 11.8 Å². The third-order valence-electron chi connectivity index (χ3n) is 5.71. The number of amidine groups is 1. The van der Waals surface area contributed by atoms with Gasteiger partial charge in [-0.1, -0.05) is 36.4 Å². The van der Waals surface area contributed by atoms with Crippen LogP contribution in [-0.4, -0.2) is 71.8 Å². The normalized spacial score (nSPS) is 18.8. The van der Waals surface area contributed by atoms with Crippen LogP contribution in [0.25, 0.3) is 5.57 Å². The van der Waals surface area contributed by atoms with E-state index in [2.05, 4.69) is 27.4 Å². The highest BCUT2D eigenvalue weighted by atomic mass is 16.5. The molecule has 8 heteroatoms. The number of rotatable bonds is 4. The largest absolute Gasteiger partial charge is 0.481 e. The maximum absolute atomic E-state index is 13.2. The minimum atomic E-state index is -0.164. The fourth-order valence-electron chi connectivity index (χ4n) is 3.96. The number of pyridine rings is 1. The van der Waals surface area contributed by atoms with Crippen molar-refractivity contribution in [3.63, 3.8) is 0 Å². The zero-order valence-electron chi connectivity index (χ0n) is 18.3. The molecular formula is C24H27N5O3. The molecule has 1 fully saturated rings. The number of hydrogen-bond donors (Lipinski definition) is 1. The van der Waals surface area contributed by atoms with E-state index in [0.717, 1.165) is 17.6 Å². The Morgan fingerprint density at radius 1 is 1.06 bits per heavy atom. The summed E-state index contributed by atoms with van der Waals surface area (Å²) in [7, 11) is 1.52. The third-order valence-corrected chi connectivity index (χ3v) is 5.71. The fraction of sp³-hybridized carbons (Fsp3) is 0.333. The van der Waals surface area contributed by atoms with E-state index in [-0.39, 0.29) is 17.9 Å². The van der Waals surface area contributed by atoms with E-state index < -0.39 is 0 Å². The van der Waals surface area contributed by atoms with Gasteiger partial charge in [-0.3, -0.25) is 14.6 Å². The van der Waals surface area contributed by atoms with Gasteiger partial charge in [0.05, 0.1) is 7.11 Å². The zero-order valence-corrected chi connectivity index (χ0v) is 18.3. The maximum Gasteiger partial charge on any atom is 0.289 e. The fourth-order valence-corrected chi connectivity index (χ4v) is 3.96. The monoisotopic (exact) mass is 433 g/mol. The number of piperazine rings is 1. The van der Waals surface area contributed by atoms with Crippen LogP contribution in [0.5, 0.6) is 5.88 Å². The number of carbonyl (C=O) groups excluding carboxylic acids is 2. The minimum Gasteiger partial charge on any atom is -0.481 e. The quantitative estimate of drug-likeness (QED) is 0.799. The second-order valence-electron chi connectivity index (χ2n) is 7.82. The number of amides is 2. The number of ether oxygens (including phenoxy) is 1. The summed E-state index contributed by atoms with van der Waals surface area (Å²) < 4.78 is 5.12. The summed E-state index contributed by atoms with van der Waals surface area (Å²) >= 11 is 0. The Labute approximate surface area is 187 Å². The molecule has 2 aliphatic rings. The maximum atomic E-state index is 13.2. The van der Waals surface area contributed by atoms with Crippen LogP contribution in [-0.2, 0) is 4.79 Å². The molecule has 2 amide bonds. The molecule has 2 aromatic rings. The molecule has 1 atom stereocenters.